The molecular formula is C43H29N. The molecule has 1 heterocycles. The molecule has 1 heteroatoms. The van der Waals surface area contributed by atoms with Gasteiger partial charge in [-0.1, -0.05) is 135 Å². The van der Waals surface area contributed by atoms with Crippen LogP contribution >= 0.6 is 0 Å². The zero-order valence-corrected chi connectivity index (χ0v) is 24.7. The summed E-state index contributed by atoms with van der Waals surface area (Å²) in [5.41, 5.74) is 17.1. The van der Waals surface area contributed by atoms with Crippen LogP contribution in [0.3, 0.4) is 0 Å². The standard InChI is InChI=1S/C43H29N/c1-43(2)37-19-7-5-16-36(37)41-38(43)24-23-35-31-15-6-8-20-39(31)44(42(35)41)27-12-9-11-26(25-27)28-21-22-34-30-14-4-3-13-29(30)33-18-10-17-32(28)40(33)34/h3-25H,1-2H3. The molecule has 10 rings (SSSR count). The third kappa shape index (κ3) is 2.94. The van der Waals surface area contributed by atoms with E-state index in [0.717, 1.165) is 0 Å². The molecule has 44 heavy (non-hydrogen) atoms. The SMILES string of the molecule is CC1(C)c2ccccc2-c2c1ccc1c3ccccc3n(-c3cccc(-c4ccc5c6c(cccc46)-c4ccccc4-5)c3)c21. The van der Waals surface area contributed by atoms with Crippen LogP contribution in [0.5, 0.6) is 0 Å². The third-order valence-corrected chi connectivity index (χ3v) is 10.3. The Morgan fingerprint density at radius 3 is 1.98 bits per heavy atom. The fourth-order valence-electron chi connectivity index (χ4n) is 8.38. The summed E-state index contributed by atoms with van der Waals surface area (Å²) >= 11 is 0. The molecule has 1 nitrogen and oxygen atoms in total. The molecule has 2 aliphatic carbocycles. The predicted molar refractivity (Wildman–Crippen MR) is 186 cm³/mol. The van der Waals surface area contributed by atoms with Gasteiger partial charge in [0.1, 0.15) is 0 Å². The lowest BCUT2D eigenvalue weighted by molar-refractivity contribution is 0.661. The van der Waals surface area contributed by atoms with Gasteiger partial charge in [0.25, 0.3) is 0 Å². The Bertz CT molecular complexity index is 2490. The molecule has 8 aromatic rings. The van der Waals surface area contributed by atoms with E-state index in [-0.39, 0.29) is 5.41 Å². The van der Waals surface area contributed by atoms with Crippen molar-refractivity contribution in [2.45, 2.75) is 19.3 Å². The first-order chi connectivity index (χ1) is 21.6. The Morgan fingerprint density at radius 1 is 0.455 bits per heavy atom. The van der Waals surface area contributed by atoms with Gasteiger partial charge in [0.05, 0.1) is 11.0 Å². The van der Waals surface area contributed by atoms with E-state index >= 15 is 0 Å². The van der Waals surface area contributed by atoms with E-state index in [9.17, 15) is 0 Å². The van der Waals surface area contributed by atoms with Crippen LogP contribution in [0.4, 0.5) is 0 Å². The second-order valence-electron chi connectivity index (χ2n) is 12.9. The number of hydrogen-bond acceptors (Lipinski definition) is 0. The topological polar surface area (TPSA) is 4.93 Å². The first-order valence-electron chi connectivity index (χ1n) is 15.5. The van der Waals surface area contributed by atoms with Crippen molar-refractivity contribution in [2.24, 2.45) is 0 Å². The molecule has 0 atom stereocenters. The molecule has 206 valence electrons. The van der Waals surface area contributed by atoms with Gasteiger partial charge in [0.15, 0.2) is 0 Å². The van der Waals surface area contributed by atoms with Crippen molar-refractivity contribution in [3.05, 3.63) is 151 Å². The van der Waals surface area contributed by atoms with Crippen molar-refractivity contribution in [2.75, 3.05) is 0 Å². The van der Waals surface area contributed by atoms with Crippen molar-refractivity contribution in [3.63, 3.8) is 0 Å². The van der Waals surface area contributed by atoms with Gasteiger partial charge in [0, 0.05) is 27.4 Å². The van der Waals surface area contributed by atoms with Gasteiger partial charge in [-0.3, -0.25) is 0 Å². The largest absolute Gasteiger partial charge is 0.309 e. The smallest absolute Gasteiger partial charge is 0.0622 e. The van der Waals surface area contributed by atoms with E-state index in [1.807, 2.05) is 0 Å². The first-order valence-corrected chi connectivity index (χ1v) is 15.5. The summed E-state index contributed by atoms with van der Waals surface area (Å²) in [6, 6.07) is 52.0. The molecular weight excluding hydrogens is 530 g/mol. The molecule has 0 amide bonds. The average molecular weight is 560 g/mol. The second kappa shape index (κ2) is 8.36. The molecule has 0 aliphatic heterocycles. The van der Waals surface area contributed by atoms with E-state index < -0.39 is 0 Å². The second-order valence-corrected chi connectivity index (χ2v) is 12.9. The number of aromatic nitrogens is 1. The molecule has 0 spiro atoms. The quantitative estimate of drug-likeness (QED) is 0.198. The fourth-order valence-corrected chi connectivity index (χ4v) is 8.38. The van der Waals surface area contributed by atoms with Crippen LogP contribution < -0.4 is 0 Å². The fraction of sp³-hybridized carbons (Fsp3) is 0.0698. The van der Waals surface area contributed by atoms with Crippen LogP contribution in [0, 0.1) is 0 Å². The van der Waals surface area contributed by atoms with Gasteiger partial charge in [-0.15, -0.1) is 0 Å². The number of fused-ring (bicyclic) bond motifs is 10. The summed E-state index contributed by atoms with van der Waals surface area (Å²) in [5.74, 6) is 0. The van der Waals surface area contributed by atoms with Crippen LogP contribution in [-0.2, 0) is 5.41 Å². The van der Waals surface area contributed by atoms with Gasteiger partial charge in [-0.2, -0.15) is 0 Å². The highest BCUT2D eigenvalue weighted by atomic mass is 15.0. The third-order valence-electron chi connectivity index (χ3n) is 10.3. The van der Waals surface area contributed by atoms with Gasteiger partial charge in [-0.05, 0) is 79.0 Å². The Hall–Kier alpha value is -5.40. The number of hydrogen-bond donors (Lipinski definition) is 0. The average Bonchev–Trinajstić information content (AvgIpc) is 3.66. The van der Waals surface area contributed by atoms with Crippen molar-refractivity contribution in [1.82, 2.24) is 4.57 Å². The van der Waals surface area contributed by atoms with Crippen molar-refractivity contribution in [1.29, 1.82) is 0 Å². The van der Waals surface area contributed by atoms with E-state index in [0.29, 0.717) is 0 Å². The maximum atomic E-state index is 2.51. The highest BCUT2D eigenvalue weighted by molar-refractivity contribution is 6.19. The molecule has 0 unspecified atom stereocenters. The normalized spacial score (nSPS) is 13.9. The first kappa shape index (κ1) is 24.1. The van der Waals surface area contributed by atoms with Gasteiger partial charge in [-0.25, -0.2) is 0 Å². The molecule has 1 aromatic heterocycles. The Morgan fingerprint density at radius 2 is 1.11 bits per heavy atom. The molecule has 0 fully saturated rings. The van der Waals surface area contributed by atoms with Crippen LogP contribution in [0.1, 0.15) is 25.0 Å². The van der Waals surface area contributed by atoms with Crippen LogP contribution in [-0.4, -0.2) is 4.57 Å². The van der Waals surface area contributed by atoms with Crippen molar-refractivity contribution in [3.8, 4) is 50.2 Å². The van der Waals surface area contributed by atoms with E-state index in [4.69, 9.17) is 0 Å². The molecule has 0 saturated carbocycles. The Kier molecular flexibility index (Phi) is 4.58. The summed E-state index contributed by atoms with van der Waals surface area (Å²) in [6.07, 6.45) is 0. The lowest BCUT2D eigenvalue weighted by atomic mass is 9.82. The minimum absolute atomic E-state index is 0.0501. The minimum Gasteiger partial charge on any atom is -0.309 e. The van der Waals surface area contributed by atoms with Gasteiger partial charge in [0.2, 0.25) is 0 Å². The predicted octanol–water partition coefficient (Wildman–Crippen LogP) is 11.6. The van der Waals surface area contributed by atoms with Crippen molar-refractivity contribution >= 4 is 32.6 Å². The highest BCUT2D eigenvalue weighted by Gasteiger charge is 2.37. The number of benzene rings is 7. The zero-order chi connectivity index (χ0) is 29.2. The number of rotatable bonds is 2. The van der Waals surface area contributed by atoms with Crippen molar-refractivity contribution < 1.29 is 0 Å². The lowest BCUT2D eigenvalue weighted by Gasteiger charge is -2.21. The maximum Gasteiger partial charge on any atom is 0.0622 e. The molecule has 7 aromatic carbocycles. The summed E-state index contributed by atoms with van der Waals surface area (Å²) in [5, 5.41) is 5.28. The number of para-hydroxylation sites is 1. The van der Waals surface area contributed by atoms with Gasteiger partial charge < -0.3 is 4.57 Å². The molecule has 0 N–H and O–H groups in total. The van der Waals surface area contributed by atoms with E-state index in [2.05, 4.69) is 158 Å². The number of nitrogens with zero attached hydrogens (tertiary/aromatic N) is 1. The zero-order valence-electron chi connectivity index (χ0n) is 24.7. The molecule has 0 bridgehead atoms. The summed E-state index contributed by atoms with van der Waals surface area (Å²) in [7, 11) is 0. The summed E-state index contributed by atoms with van der Waals surface area (Å²) in [4.78, 5) is 0. The molecule has 0 radical (unpaired) electrons. The van der Waals surface area contributed by atoms with Crippen LogP contribution in [0.15, 0.2) is 140 Å². The highest BCUT2D eigenvalue weighted by Crippen LogP contribution is 2.53. The van der Waals surface area contributed by atoms with Gasteiger partial charge >= 0.3 is 0 Å². The maximum absolute atomic E-state index is 2.51. The molecule has 0 saturated heterocycles. The Labute approximate surface area is 256 Å². The van der Waals surface area contributed by atoms with Crippen LogP contribution in [0.2, 0.25) is 0 Å². The summed E-state index contributed by atoms with van der Waals surface area (Å²) < 4.78 is 2.51. The summed E-state index contributed by atoms with van der Waals surface area (Å²) in [6.45, 7) is 4.73. The monoisotopic (exact) mass is 559 g/mol. The van der Waals surface area contributed by atoms with E-state index in [1.54, 1.807) is 0 Å². The van der Waals surface area contributed by atoms with E-state index in [1.165, 1.54) is 93.9 Å². The van der Waals surface area contributed by atoms with Crippen LogP contribution in [0.25, 0.3) is 82.8 Å². The minimum atomic E-state index is -0.0501. The Balaban J connectivity index is 1.26. The lowest BCUT2D eigenvalue weighted by Crippen LogP contribution is -2.14. The molecule has 2 aliphatic rings.